The van der Waals surface area contributed by atoms with E-state index in [-0.39, 0.29) is 11.9 Å². The highest BCUT2D eigenvalue weighted by Crippen LogP contribution is 2.35. The number of benzene rings is 1. The van der Waals surface area contributed by atoms with Crippen molar-refractivity contribution in [1.29, 1.82) is 0 Å². The quantitative estimate of drug-likeness (QED) is 0.735. The van der Waals surface area contributed by atoms with Gasteiger partial charge in [0.25, 0.3) is 0 Å². The van der Waals surface area contributed by atoms with Gasteiger partial charge in [-0.3, -0.25) is 0 Å². The predicted octanol–water partition coefficient (Wildman–Crippen LogP) is 1.82. The molecule has 1 aliphatic rings. The maximum Gasteiger partial charge on any atom is 0.137 e. The van der Waals surface area contributed by atoms with Gasteiger partial charge in [-0.15, -0.1) is 0 Å². The van der Waals surface area contributed by atoms with Gasteiger partial charge in [0.1, 0.15) is 18.2 Å². The number of ether oxygens (including phenoxy) is 1. The average Bonchev–Trinajstić information content (AvgIpc) is 2.41. The lowest BCUT2D eigenvalue weighted by Crippen LogP contribution is -2.12. The molecule has 1 unspecified atom stereocenters. The Morgan fingerprint density at radius 1 is 1.58 bits per heavy atom. The van der Waals surface area contributed by atoms with Crippen molar-refractivity contribution in [2.45, 2.75) is 6.04 Å². The number of hydrogen-bond acceptors (Lipinski definition) is 2. The van der Waals surface area contributed by atoms with E-state index in [1.54, 1.807) is 6.07 Å². The number of halogens is 2. The fourth-order valence-electron chi connectivity index (χ4n) is 1.28. The molecule has 1 aliphatic heterocycles. The molecule has 12 heavy (non-hydrogen) atoms. The molecule has 0 spiro atoms. The van der Waals surface area contributed by atoms with E-state index in [9.17, 15) is 4.39 Å². The van der Waals surface area contributed by atoms with Gasteiger partial charge >= 0.3 is 0 Å². The van der Waals surface area contributed by atoms with Crippen molar-refractivity contribution in [3.8, 4) is 5.75 Å². The van der Waals surface area contributed by atoms with Crippen LogP contribution in [0.3, 0.4) is 0 Å². The van der Waals surface area contributed by atoms with Crippen LogP contribution in [-0.4, -0.2) is 6.61 Å². The third-order valence-electron chi connectivity index (χ3n) is 1.88. The monoisotopic (exact) mass is 279 g/mol. The molecular formula is C8H7FINO. The molecule has 0 aliphatic carbocycles. The summed E-state index contributed by atoms with van der Waals surface area (Å²) in [4.78, 5) is 0. The van der Waals surface area contributed by atoms with Crippen molar-refractivity contribution in [3.05, 3.63) is 27.1 Å². The van der Waals surface area contributed by atoms with Gasteiger partial charge in [0, 0.05) is 5.56 Å². The lowest BCUT2D eigenvalue weighted by molar-refractivity contribution is 0.333. The van der Waals surface area contributed by atoms with Gasteiger partial charge in [0.2, 0.25) is 0 Å². The third kappa shape index (κ3) is 1.09. The molecule has 1 aromatic rings. The van der Waals surface area contributed by atoms with Crippen LogP contribution in [0.2, 0.25) is 0 Å². The van der Waals surface area contributed by atoms with Gasteiger partial charge in [0.15, 0.2) is 0 Å². The minimum atomic E-state index is -0.227. The molecular weight excluding hydrogens is 272 g/mol. The summed E-state index contributed by atoms with van der Waals surface area (Å²) in [5.74, 6) is 0.489. The lowest BCUT2D eigenvalue weighted by atomic mass is 10.1. The van der Waals surface area contributed by atoms with Crippen molar-refractivity contribution in [3.63, 3.8) is 0 Å². The molecule has 2 rings (SSSR count). The Morgan fingerprint density at radius 3 is 3.08 bits per heavy atom. The van der Waals surface area contributed by atoms with E-state index in [0.717, 1.165) is 5.56 Å². The van der Waals surface area contributed by atoms with E-state index < -0.39 is 0 Å². The number of nitrogens with two attached hydrogens (primary N) is 1. The van der Waals surface area contributed by atoms with E-state index in [2.05, 4.69) is 0 Å². The van der Waals surface area contributed by atoms with Crippen molar-refractivity contribution in [2.75, 3.05) is 6.61 Å². The number of rotatable bonds is 0. The van der Waals surface area contributed by atoms with Crippen molar-refractivity contribution in [1.82, 2.24) is 0 Å². The molecule has 0 amide bonds. The van der Waals surface area contributed by atoms with E-state index in [4.69, 9.17) is 10.5 Å². The molecule has 0 saturated heterocycles. The Balaban J connectivity index is 2.63. The van der Waals surface area contributed by atoms with Crippen molar-refractivity contribution >= 4 is 22.6 Å². The summed E-state index contributed by atoms with van der Waals surface area (Å²) in [5, 5.41) is 0. The second kappa shape index (κ2) is 2.85. The van der Waals surface area contributed by atoms with Crippen molar-refractivity contribution in [2.24, 2.45) is 5.73 Å². The Morgan fingerprint density at radius 2 is 2.33 bits per heavy atom. The predicted molar refractivity (Wildman–Crippen MR) is 51.5 cm³/mol. The van der Waals surface area contributed by atoms with Crippen LogP contribution < -0.4 is 10.5 Å². The fourth-order valence-corrected chi connectivity index (χ4v) is 2.13. The van der Waals surface area contributed by atoms with Gasteiger partial charge in [-0.05, 0) is 34.7 Å². The molecule has 0 bridgehead atoms. The highest BCUT2D eigenvalue weighted by molar-refractivity contribution is 14.1. The summed E-state index contributed by atoms with van der Waals surface area (Å²) >= 11 is 1.95. The molecule has 4 heteroatoms. The summed E-state index contributed by atoms with van der Waals surface area (Å²) in [7, 11) is 0. The summed E-state index contributed by atoms with van der Waals surface area (Å²) in [5.41, 5.74) is 6.52. The van der Waals surface area contributed by atoms with E-state index >= 15 is 0 Å². The van der Waals surface area contributed by atoms with E-state index in [0.29, 0.717) is 15.9 Å². The largest absolute Gasteiger partial charge is 0.491 e. The lowest BCUT2D eigenvalue weighted by Gasteiger charge is -2.03. The van der Waals surface area contributed by atoms with Crippen LogP contribution in [0.15, 0.2) is 12.1 Å². The first kappa shape index (κ1) is 8.25. The molecule has 1 atom stereocenters. The molecule has 2 nitrogen and oxygen atoms in total. The highest BCUT2D eigenvalue weighted by Gasteiger charge is 2.24. The second-order valence-corrected chi connectivity index (χ2v) is 3.77. The Labute approximate surface area is 83.0 Å². The van der Waals surface area contributed by atoms with Gasteiger partial charge in [0.05, 0.1) is 9.61 Å². The number of hydrogen-bond donors (Lipinski definition) is 1. The summed E-state index contributed by atoms with van der Waals surface area (Å²) in [6.45, 7) is 0.453. The van der Waals surface area contributed by atoms with Crippen LogP contribution >= 0.6 is 22.6 Å². The zero-order valence-electron chi connectivity index (χ0n) is 6.18. The Kier molecular flexibility index (Phi) is 1.96. The van der Waals surface area contributed by atoms with Gasteiger partial charge in [-0.1, -0.05) is 0 Å². The van der Waals surface area contributed by atoms with Crippen LogP contribution in [0.5, 0.6) is 5.75 Å². The molecule has 0 saturated carbocycles. The first-order chi connectivity index (χ1) is 5.70. The topological polar surface area (TPSA) is 35.2 Å². The Hall–Kier alpha value is -0.360. The molecule has 0 aromatic heterocycles. The van der Waals surface area contributed by atoms with E-state index in [1.165, 1.54) is 6.07 Å². The zero-order valence-corrected chi connectivity index (χ0v) is 8.34. The molecule has 2 N–H and O–H groups in total. The van der Waals surface area contributed by atoms with Gasteiger partial charge < -0.3 is 10.5 Å². The first-order valence-electron chi connectivity index (χ1n) is 3.56. The van der Waals surface area contributed by atoms with Crippen LogP contribution in [0, 0.1) is 9.39 Å². The minimum absolute atomic E-state index is 0.178. The summed E-state index contributed by atoms with van der Waals surface area (Å²) < 4.78 is 18.9. The van der Waals surface area contributed by atoms with E-state index in [1.807, 2.05) is 22.6 Å². The maximum atomic E-state index is 13.0. The molecule has 0 fully saturated rings. The van der Waals surface area contributed by atoms with Crippen molar-refractivity contribution < 1.29 is 9.13 Å². The Bertz CT molecular complexity index is 329. The normalized spacial score (nSPS) is 20.4. The van der Waals surface area contributed by atoms with Crippen LogP contribution in [-0.2, 0) is 0 Å². The molecule has 64 valence electrons. The first-order valence-corrected chi connectivity index (χ1v) is 4.64. The highest BCUT2D eigenvalue weighted by atomic mass is 127. The third-order valence-corrected chi connectivity index (χ3v) is 2.98. The number of fused-ring (bicyclic) bond motifs is 1. The second-order valence-electron chi connectivity index (χ2n) is 2.69. The zero-order chi connectivity index (χ0) is 8.72. The summed E-state index contributed by atoms with van der Waals surface area (Å²) in [6, 6.07) is 2.85. The van der Waals surface area contributed by atoms with Crippen LogP contribution in [0.4, 0.5) is 4.39 Å². The van der Waals surface area contributed by atoms with Gasteiger partial charge in [-0.25, -0.2) is 4.39 Å². The molecule has 1 heterocycles. The maximum absolute atomic E-state index is 13.0. The fraction of sp³-hybridized carbons (Fsp3) is 0.250. The summed E-state index contributed by atoms with van der Waals surface area (Å²) in [6.07, 6.45) is 0. The SMILES string of the molecule is NC1COc2ccc(F)c(I)c21. The van der Waals surface area contributed by atoms with Crippen LogP contribution in [0.25, 0.3) is 0 Å². The smallest absolute Gasteiger partial charge is 0.137 e. The minimum Gasteiger partial charge on any atom is -0.491 e. The van der Waals surface area contributed by atoms with Crippen LogP contribution in [0.1, 0.15) is 11.6 Å². The molecule has 1 aromatic carbocycles. The molecule has 0 radical (unpaired) electrons. The standard InChI is InChI=1S/C8H7FINO/c9-4-1-2-6-7(8(4)10)5(11)3-12-6/h1-2,5H,3,11H2. The van der Waals surface area contributed by atoms with Gasteiger partial charge in [-0.2, -0.15) is 0 Å². The average molecular weight is 279 g/mol.